The zero-order chi connectivity index (χ0) is 17.7. The summed E-state index contributed by atoms with van der Waals surface area (Å²) in [6, 6.07) is 6.08. The average molecular weight is 369 g/mol. The van der Waals surface area contributed by atoms with Crippen molar-refractivity contribution in [2.75, 3.05) is 11.9 Å². The van der Waals surface area contributed by atoms with Gasteiger partial charge in [-0.05, 0) is 29.8 Å². The first-order valence-electron chi connectivity index (χ1n) is 6.79. The van der Waals surface area contributed by atoms with E-state index in [1.54, 1.807) is 18.2 Å². The van der Waals surface area contributed by atoms with E-state index >= 15 is 0 Å². The lowest BCUT2D eigenvalue weighted by molar-refractivity contribution is 0.209. The van der Waals surface area contributed by atoms with Crippen molar-refractivity contribution in [2.45, 2.75) is 6.10 Å². The second-order valence-electron chi connectivity index (χ2n) is 4.68. The summed E-state index contributed by atoms with van der Waals surface area (Å²) in [6.07, 6.45) is 0.477. The number of hydrogen-bond donors (Lipinski definition) is 3. The van der Waals surface area contributed by atoms with Crippen molar-refractivity contribution in [1.29, 1.82) is 0 Å². The Kier molecular flexibility index (Phi) is 6.03. The van der Waals surface area contributed by atoms with Gasteiger partial charge in [-0.25, -0.2) is 9.78 Å². The molecule has 0 saturated heterocycles. The first-order valence-corrected chi connectivity index (χ1v) is 7.55. The summed E-state index contributed by atoms with van der Waals surface area (Å²) in [5.74, 6) is 0.423. The van der Waals surface area contributed by atoms with Crippen molar-refractivity contribution in [3.8, 4) is 5.75 Å². The first kappa shape index (κ1) is 18.1. The van der Waals surface area contributed by atoms with Gasteiger partial charge in [0.05, 0.1) is 10.0 Å². The molecule has 0 aliphatic carbocycles. The van der Waals surface area contributed by atoms with Crippen LogP contribution in [0.3, 0.4) is 0 Å². The minimum absolute atomic E-state index is 0.0748. The number of hydrogen-bond acceptors (Lipinski definition) is 4. The first-order chi connectivity index (χ1) is 11.4. The molecule has 0 bridgehead atoms. The summed E-state index contributed by atoms with van der Waals surface area (Å²) >= 11 is 12.3. The molecule has 0 fully saturated rings. The molecule has 0 aliphatic rings. The summed E-state index contributed by atoms with van der Waals surface area (Å²) in [6.45, 7) is 3.79. The predicted octanol–water partition coefficient (Wildman–Crippen LogP) is 4.12. The van der Waals surface area contributed by atoms with Crippen LogP contribution in [0.25, 0.3) is 0 Å². The molecule has 6 nitrogen and oxygen atoms in total. The second-order valence-corrected chi connectivity index (χ2v) is 5.47. The maximum atomic E-state index is 10.7. The number of ether oxygens (including phenoxy) is 1. The maximum Gasteiger partial charge on any atom is 0.410 e. The van der Waals surface area contributed by atoms with Crippen molar-refractivity contribution >= 4 is 35.1 Å². The Morgan fingerprint density at radius 2 is 2.17 bits per heavy atom. The molecule has 0 saturated carbocycles. The van der Waals surface area contributed by atoms with Gasteiger partial charge in [-0.1, -0.05) is 35.9 Å². The van der Waals surface area contributed by atoms with E-state index in [-0.39, 0.29) is 28.0 Å². The molecule has 24 heavy (non-hydrogen) atoms. The van der Waals surface area contributed by atoms with Crippen LogP contribution in [-0.2, 0) is 0 Å². The van der Waals surface area contributed by atoms with Gasteiger partial charge in [0.2, 0.25) is 0 Å². The van der Waals surface area contributed by atoms with Crippen LogP contribution in [0, 0.1) is 0 Å². The van der Waals surface area contributed by atoms with Gasteiger partial charge in [0.25, 0.3) is 0 Å². The average Bonchev–Trinajstić information content (AvgIpc) is 2.55. The number of aliphatic hydroxyl groups excluding tert-OH is 1. The van der Waals surface area contributed by atoms with E-state index in [4.69, 9.17) is 33.0 Å². The molecule has 3 N–H and O–H groups in total. The van der Waals surface area contributed by atoms with Crippen LogP contribution < -0.4 is 10.1 Å². The number of anilines is 1. The SMILES string of the molecule is C=CCOc1ccc(Cl)c(Cl)c1C(O)c1ccnc(NC(=O)O)c1. The number of halogens is 2. The Labute approximate surface area is 148 Å². The highest BCUT2D eigenvalue weighted by atomic mass is 35.5. The van der Waals surface area contributed by atoms with Crippen LogP contribution >= 0.6 is 23.2 Å². The molecule has 1 atom stereocenters. The third-order valence-corrected chi connectivity index (χ3v) is 3.88. The highest BCUT2D eigenvalue weighted by molar-refractivity contribution is 6.42. The minimum atomic E-state index is -1.26. The Morgan fingerprint density at radius 1 is 1.42 bits per heavy atom. The van der Waals surface area contributed by atoms with Gasteiger partial charge in [-0.15, -0.1) is 0 Å². The summed E-state index contributed by atoms with van der Waals surface area (Å²) in [5.41, 5.74) is 0.653. The largest absolute Gasteiger partial charge is 0.489 e. The fourth-order valence-electron chi connectivity index (χ4n) is 2.04. The Balaban J connectivity index is 2.44. The number of aliphatic hydroxyl groups is 1. The van der Waals surface area contributed by atoms with Gasteiger partial charge in [-0.2, -0.15) is 0 Å². The fraction of sp³-hybridized carbons (Fsp3) is 0.125. The van der Waals surface area contributed by atoms with E-state index < -0.39 is 12.2 Å². The van der Waals surface area contributed by atoms with E-state index in [9.17, 15) is 9.90 Å². The summed E-state index contributed by atoms with van der Waals surface area (Å²) < 4.78 is 5.51. The lowest BCUT2D eigenvalue weighted by atomic mass is 10.0. The molecule has 2 rings (SSSR count). The van der Waals surface area contributed by atoms with Crippen LogP contribution in [0.5, 0.6) is 5.75 Å². The van der Waals surface area contributed by atoms with Gasteiger partial charge in [-0.3, -0.25) is 5.32 Å². The number of aromatic nitrogens is 1. The van der Waals surface area contributed by atoms with Crippen LogP contribution in [0.4, 0.5) is 10.6 Å². The lowest BCUT2D eigenvalue weighted by Crippen LogP contribution is -2.10. The Hall–Kier alpha value is -2.28. The summed E-state index contributed by atoms with van der Waals surface area (Å²) in [5, 5.41) is 22.0. The van der Waals surface area contributed by atoms with Gasteiger partial charge in [0, 0.05) is 11.8 Å². The highest BCUT2D eigenvalue weighted by Gasteiger charge is 2.22. The second kappa shape index (κ2) is 8.01. The van der Waals surface area contributed by atoms with Gasteiger partial charge >= 0.3 is 6.09 Å². The van der Waals surface area contributed by atoms with E-state index in [2.05, 4.69) is 16.9 Å². The monoisotopic (exact) mass is 368 g/mol. The number of nitrogens with one attached hydrogen (secondary N) is 1. The molecule has 8 heteroatoms. The van der Waals surface area contributed by atoms with Crippen molar-refractivity contribution < 1.29 is 19.7 Å². The summed E-state index contributed by atoms with van der Waals surface area (Å²) in [7, 11) is 0. The molecule has 2 aromatic rings. The maximum absolute atomic E-state index is 10.7. The van der Waals surface area contributed by atoms with Gasteiger partial charge in [0.15, 0.2) is 0 Å². The topological polar surface area (TPSA) is 91.7 Å². The number of carboxylic acid groups (broad SMARTS) is 1. The number of rotatable bonds is 6. The zero-order valence-electron chi connectivity index (χ0n) is 12.4. The number of amides is 1. The molecule has 1 aromatic carbocycles. The van der Waals surface area contributed by atoms with E-state index in [0.29, 0.717) is 11.3 Å². The van der Waals surface area contributed by atoms with Crippen molar-refractivity contribution in [3.05, 3.63) is 64.3 Å². The van der Waals surface area contributed by atoms with E-state index in [1.807, 2.05) is 0 Å². The van der Waals surface area contributed by atoms with Crippen LogP contribution in [0.15, 0.2) is 43.1 Å². The molecule has 1 heterocycles. The van der Waals surface area contributed by atoms with Crippen molar-refractivity contribution in [3.63, 3.8) is 0 Å². The molecular formula is C16H14Cl2N2O4. The molecule has 0 radical (unpaired) electrons. The van der Waals surface area contributed by atoms with Gasteiger partial charge in [0.1, 0.15) is 24.3 Å². The Morgan fingerprint density at radius 3 is 2.83 bits per heavy atom. The van der Waals surface area contributed by atoms with E-state index in [0.717, 1.165) is 0 Å². The molecule has 126 valence electrons. The predicted molar refractivity (Wildman–Crippen MR) is 92.1 cm³/mol. The van der Waals surface area contributed by atoms with Gasteiger partial charge < -0.3 is 14.9 Å². The third kappa shape index (κ3) is 4.17. The lowest BCUT2D eigenvalue weighted by Gasteiger charge is -2.18. The Bertz CT molecular complexity index is 768. The smallest absolute Gasteiger partial charge is 0.410 e. The number of benzene rings is 1. The number of carbonyl (C=O) groups is 1. The normalized spacial score (nSPS) is 11.6. The van der Waals surface area contributed by atoms with Crippen molar-refractivity contribution in [2.24, 2.45) is 0 Å². The van der Waals surface area contributed by atoms with Crippen LogP contribution in [-0.4, -0.2) is 27.9 Å². The van der Waals surface area contributed by atoms with Crippen LogP contribution in [0.2, 0.25) is 10.0 Å². The standard InChI is InChI=1S/C16H14Cl2N2O4/c1-2-7-24-11-4-3-10(17)14(18)13(11)15(21)9-5-6-19-12(8-9)20-16(22)23/h2-6,8,15,21H,1,7H2,(H,19,20)(H,22,23). The number of nitrogens with zero attached hydrogens (tertiary/aromatic N) is 1. The van der Waals surface area contributed by atoms with Crippen LogP contribution in [0.1, 0.15) is 17.2 Å². The van der Waals surface area contributed by atoms with E-state index in [1.165, 1.54) is 18.3 Å². The quantitative estimate of drug-likeness (QED) is 0.666. The third-order valence-electron chi connectivity index (χ3n) is 3.06. The molecule has 1 unspecified atom stereocenters. The molecule has 0 aliphatic heterocycles. The molecule has 0 spiro atoms. The number of pyridine rings is 1. The highest BCUT2D eigenvalue weighted by Crippen LogP contribution is 2.40. The molecule has 1 amide bonds. The van der Waals surface area contributed by atoms with Crippen molar-refractivity contribution in [1.82, 2.24) is 4.98 Å². The minimum Gasteiger partial charge on any atom is -0.489 e. The summed E-state index contributed by atoms with van der Waals surface area (Å²) in [4.78, 5) is 14.6. The molecular weight excluding hydrogens is 355 g/mol. The zero-order valence-corrected chi connectivity index (χ0v) is 13.9. The fourth-order valence-corrected chi connectivity index (χ4v) is 2.46. The molecule has 1 aromatic heterocycles.